The predicted octanol–water partition coefficient (Wildman–Crippen LogP) is -0.0431. The highest BCUT2D eigenvalue weighted by molar-refractivity contribution is 5.90. The third-order valence-corrected chi connectivity index (χ3v) is 1.32. The fraction of sp³-hybridized carbons (Fsp3) is 0.286. The molecule has 0 saturated carbocycles. The second-order valence-corrected chi connectivity index (χ2v) is 2.28. The van der Waals surface area contributed by atoms with E-state index in [0.717, 1.165) is 0 Å². The smallest absolute Gasteiger partial charge is 0.269 e. The zero-order valence-corrected chi connectivity index (χ0v) is 6.83. The summed E-state index contributed by atoms with van der Waals surface area (Å²) in [5, 5.41) is 9.79. The summed E-state index contributed by atoms with van der Waals surface area (Å²) in [4.78, 5) is 10.6. The molecule has 5 nitrogen and oxygen atoms in total. The SMILES string of the molecule is NC(=O)c1ccc(NCCF)nn1. The number of hydrogen-bond acceptors (Lipinski definition) is 4. The Morgan fingerprint density at radius 2 is 2.31 bits per heavy atom. The maximum absolute atomic E-state index is 11.7. The number of carbonyl (C=O) groups is 1. The Balaban J connectivity index is 2.64. The fourth-order valence-electron chi connectivity index (χ4n) is 0.733. The van der Waals surface area contributed by atoms with Crippen LogP contribution in [0.15, 0.2) is 12.1 Å². The van der Waals surface area contributed by atoms with Crippen LogP contribution in [0.3, 0.4) is 0 Å². The Bertz CT molecular complexity index is 287. The number of aromatic nitrogens is 2. The van der Waals surface area contributed by atoms with Crippen molar-refractivity contribution in [3.63, 3.8) is 0 Å². The number of hydrogen-bond donors (Lipinski definition) is 2. The van der Waals surface area contributed by atoms with Crippen molar-refractivity contribution in [2.24, 2.45) is 5.73 Å². The Morgan fingerprint density at radius 1 is 1.54 bits per heavy atom. The molecule has 1 heterocycles. The summed E-state index contributed by atoms with van der Waals surface area (Å²) in [6.07, 6.45) is 0. The predicted molar refractivity (Wildman–Crippen MR) is 45.0 cm³/mol. The first-order valence-electron chi connectivity index (χ1n) is 3.67. The van der Waals surface area contributed by atoms with Crippen LogP contribution in [0.5, 0.6) is 0 Å². The molecule has 1 aromatic heterocycles. The lowest BCUT2D eigenvalue weighted by Crippen LogP contribution is -2.14. The molecule has 1 rings (SSSR count). The van der Waals surface area contributed by atoms with E-state index in [1.54, 1.807) is 0 Å². The molecule has 3 N–H and O–H groups in total. The molecule has 0 aromatic carbocycles. The van der Waals surface area contributed by atoms with Crippen molar-refractivity contribution >= 4 is 11.7 Å². The largest absolute Gasteiger partial charge is 0.366 e. The molecule has 1 aromatic rings. The number of nitrogens with one attached hydrogen (secondary N) is 1. The van der Waals surface area contributed by atoms with Gasteiger partial charge in [0.25, 0.3) is 5.91 Å². The van der Waals surface area contributed by atoms with Gasteiger partial charge in [-0.05, 0) is 12.1 Å². The third-order valence-electron chi connectivity index (χ3n) is 1.32. The maximum Gasteiger partial charge on any atom is 0.269 e. The van der Waals surface area contributed by atoms with Gasteiger partial charge in [-0.15, -0.1) is 10.2 Å². The number of nitrogens with two attached hydrogens (primary N) is 1. The lowest BCUT2D eigenvalue weighted by molar-refractivity contribution is 0.0994. The quantitative estimate of drug-likeness (QED) is 0.687. The van der Waals surface area contributed by atoms with Gasteiger partial charge in [-0.1, -0.05) is 0 Å². The number of primary amides is 1. The molecule has 0 atom stereocenters. The van der Waals surface area contributed by atoms with E-state index in [0.29, 0.717) is 5.82 Å². The molecule has 13 heavy (non-hydrogen) atoms. The number of alkyl halides is 1. The van der Waals surface area contributed by atoms with Crippen molar-refractivity contribution < 1.29 is 9.18 Å². The van der Waals surface area contributed by atoms with Crippen LogP contribution in [0, 0.1) is 0 Å². The number of anilines is 1. The molecule has 0 aliphatic carbocycles. The van der Waals surface area contributed by atoms with Crippen molar-refractivity contribution in [1.29, 1.82) is 0 Å². The molecule has 0 spiro atoms. The zero-order chi connectivity index (χ0) is 9.68. The molecule has 0 bridgehead atoms. The summed E-state index contributed by atoms with van der Waals surface area (Å²) < 4.78 is 11.7. The van der Waals surface area contributed by atoms with E-state index in [4.69, 9.17) is 5.73 Å². The summed E-state index contributed by atoms with van der Waals surface area (Å²) >= 11 is 0. The third kappa shape index (κ3) is 2.66. The molecule has 0 aliphatic rings. The molecule has 0 fully saturated rings. The highest BCUT2D eigenvalue weighted by Gasteiger charge is 2.01. The summed E-state index contributed by atoms with van der Waals surface area (Å²) in [7, 11) is 0. The van der Waals surface area contributed by atoms with Gasteiger partial charge in [0.1, 0.15) is 12.5 Å². The maximum atomic E-state index is 11.7. The molecule has 0 radical (unpaired) electrons. The lowest BCUT2D eigenvalue weighted by atomic mass is 10.4. The monoisotopic (exact) mass is 184 g/mol. The van der Waals surface area contributed by atoms with Crippen LogP contribution >= 0.6 is 0 Å². The fourth-order valence-corrected chi connectivity index (χ4v) is 0.733. The minimum Gasteiger partial charge on any atom is -0.366 e. The van der Waals surface area contributed by atoms with Crippen LogP contribution in [-0.4, -0.2) is 29.3 Å². The van der Waals surface area contributed by atoms with E-state index >= 15 is 0 Å². The van der Waals surface area contributed by atoms with E-state index in [1.165, 1.54) is 12.1 Å². The minimum absolute atomic E-state index is 0.0887. The zero-order valence-electron chi connectivity index (χ0n) is 6.83. The van der Waals surface area contributed by atoms with E-state index in [9.17, 15) is 9.18 Å². The lowest BCUT2D eigenvalue weighted by Gasteiger charge is -2.00. The van der Waals surface area contributed by atoms with Crippen molar-refractivity contribution in [2.75, 3.05) is 18.5 Å². The van der Waals surface area contributed by atoms with E-state index in [-0.39, 0.29) is 12.2 Å². The molecule has 0 unspecified atom stereocenters. The highest BCUT2D eigenvalue weighted by Crippen LogP contribution is 2.00. The molecular weight excluding hydrogens is 175 g/mol. The van der Waals surface area contributed by atoms with E-state index in [2.05, 4.69) is 15.5 Å². The number of halogens is 1. The van der Waals surface area contributed by atoms with Crippen LogP contribution in [-0.2, 0) is 0 Å². The van der Waals surface area contributed by atoms with Crippen LogP contribution in [0.4, 0.5) is 10.2 Å². The molecule has 0 saturated heterocycles. The Kier molecular flexibility index (Phi) is 3.13. The van der Waals surface area contributed by atoms with Gasteiger partial charge in [-0.25, -0.2) is 4.39 Å². The van der Waals surface area contributed by atoms with E-state index < -0.39 is 12.6 Å². The van der Waals surface area contributed by atoms with Crippen molar-refractivity contribution in [3.05, 3.63) is 17.8 Å². The molecule has 70 valence electrons. The standard InChI is InChI=1S/C7H9FN4O/c8-3-4-10-6-2-1-5(7(9)13)11-12-6/h1-2H,3-4H2,(H2,9,13)(H,10,12). The van der Waals surface area contributed by atoms with Crippen LogP contribution < -0.4 is 11.1 Å². The molecule has 0 aliphatic heterocycles. The van der Waals surface area contributed by atoms with Crippen molar-refractivity contribution in [2.45, 2.75) is 0 Å². The van der Waals surface area contributed by atoms with Crippen LogP contribution in [0.25, 0.3) is 0 Å². The average molecular weight is 184 g/mol. The van der Waals surface area contributed by atoms with Crippen molar-refractivity contribution in [3.8, 4) is 0 Å². The summed E-state index contributed by atoms with van der Waals surface area (Å²) in [5.74, 6) is -0.216. The van der Waals surface area contributed by atoms with Crippen LogP contribution in [0.1, 0.15) is 10.5 Å². The molecule has 6 heteroatoms. The summed E-state index contributed by atoms with van der Waals surface area (Å²) in [6, 6.07) is 2.94. The highest BCUT2D eigenvalue weighted by atomic mass is 19.1. The normalized spacial score (nSPS) is 9.62. The Labute approximate surface area is 74.2 Å². The first-order valence-corrected chi connectivity index (χ1v) is 3.67. The van der Waals surface area contributed by atoms with Gasteiger partial charge in [-0.2, -0.15) is 0 Å². The molecular formula is C7H9FN4O. The van der Waals surface area contributed by atoms with Gasteiger partial charge < -0.3 is 11.1 Å². The topological polar surface area (TPSA) is 80.9 Å². The van der Waals surface area contributed by atoms with Gasteiger partial charge in [0, 0.05) is 6.54 Å². The van der Waals surface area contributed by atoms with Gasteiger partial charge in [0.05, 0.1) is 0 Å². The average Bonchev–Trinajstić information content (AvgIpc) is 2.15. The second-order valence-electron chi connectivity index (χ2n) is 2.28. The van der Waals surface area contributed by atoms with Gasteiger partial charge >= 0.3 is 0 Å². The number of carbonyl (C=O) groups excluding carboxylic acids is 1. The van der Waals surface area contributed by atoms with E-state index in [1.807, 2.05) is 0 Å². The van der Waals surface area contributed by atoms with Gasteiger partial charge in [0.15, 0.2) is 5.69 Å². The number of nitrogens with zero attached hydrogens (tertiary/aromatic N) is 2. The number of rotatable bonds is 4. The second kappa shape index (κ2) is 4.34. The van der Waals surface area contributed by atoms with Crippen LogP contribution in [0.2, 0.25) is 0 Å². The minimum atomic E-state index is -0.635. The first kappa shape index (κ1) is 9.37. The Morgan fingerprint density at radius 3 is 2.77 bits per heavy atom. The number of amides is 1. The summed E-state index contributed by atoms with van der Waals surface area (Å²) in [5.41, 5.74) is 5.03. The Hall–Kier alpha value is -1.72. The van der Waals surface area contributed by atoms with Gasteiger partial charge in [0.2, 0.25) is 0 Å². The van der Waals surface area contributed by atoms with Crippen molar-refractivity contribution in [1.82, 2.24) is 10.2 Å². The van der Waals surface area contributed by atoms with Gasteiger partial charge in [-0.3, -0.25) is 4.79 Å². The summed E-state index contributed by atoms with van der Waals surface area (Å²) in [6.45, 7) is -0.316. The first-order chi connectivity index (χ1) is 6.24. The molecule has 1 amide bonds.